The molecule has 0 N–H and O–H groups in total. The highest BCUT2D eigenvalue weighted by molar-refractivity contribution is 6.32. The maximum Gasteiger partial charge on any atom is 0.142 e. The number of rotatable bonds is 3. The van der Waals surface area contributed by atoms with Crippen LogP contribution in [0.5, 0.6) is 5.75 Å². The number of para-hydroxylation sites is 2. The van der Waals surface area contributed by atoms with E-state index in [1.165, 1.54) is 0 Å². The van der Waals surface area contributed by atoms with Crippen molar-refractivity contribution in [3.63, 3.8) is 0 Å². The van der Waals surface area contributed by atoms with Gasteiger partial charge in [-0.25, -0.2) is 0 Å². The monoisotopic (exact) mass is 327 g/mol. The van der Waals surface area contributed by atoms with Gasteiger partial charge in [0.2, 0.25) is 0 Å². The largest absolute Gasteiger partial charge is 0.495 e. The molecule has 0 spiro atoms. The minimum Gasteiger partial charge on any atom is -0.495 e. The summed E-state index contributed by atoms with van der Waals surface area (Å²) in [5, 5.41) is 9.47. The molecule has 23 heavy (non-hydrogen) atoms. The van der Waals surface area contributed by atoms with Crippen LogP contribution in [0.4, 0.5) is 11.4 Å². The van der Waals surface area contributed by atoms with Crippen molar-refractivity contribution in [2.75, 3.05) is 43.1 Å². The van der Waals surface area contributed by atoms with Gasteiger partial charge in [-0.1, -0.05) is 23.7 Å². The third-order valence-electron chi connectivity index (χ3n) is 4.14. The molecule has 1 fully saturated rings. The molecule has 3 rings (SSSR count). The molecule has 118 valence electrons. The third kappa shape index (κ3) is 3.20. The maximum atomic E-state index is 8.96. The first-order chi connectivity index (χ1) is 11.2. The Bertz CT molecular complexity index is 733. The molecule has 0 radical (unpaired) electrons. The highest BCUT2D eigenvalue weighted by atomic mass is 35.5. The van der Waals surface area contributed by atoms with Crippen LogP contribution in [0.25, 0.3) is 0 Å². The van der Waals surface area contributed by atoms with Crippen LogP contribution in [0, 0.1) is 11.3 Å². The summed E-state index contributed by atoms with van der Waals surface area (Å²) in [5.74, 6) is 0.905. The van der Waals surface area contributed by atoms with Crippen molar-refractivity contribution in [3.05, 3.63) is 53.1 Å². The standard InChI is InChI=1S/C18H18ClN3O/c1-23-18-5-3-2-4-17(18)22-10-8-21(9-11-22)15-7-6-14(13-20)16(19)12-15/h2-7,12H,8-11H2,1H3. The Labute approximate surface area is 141 Å². The molecule has 0 amide bonds. The fourth-order valence-electron chi connectivity index (χ4n) is 2.89. The molecular formula is C18H18ClN3O. The minimum absolute atomic E-state index is 0.511. The van der Waals surface area contributed by atoms with Gasteiger partial charge in [0.15, 0.2) is 0 Å². The van der Waals surface area contributed by atoms with Gasteiger partial charge in [0.05, 0.1) is 23.4 Å². The van der Waals surface area contributed by atoms with Crippen molar-refractivity contribution >= 4 is 23.0 Å². The van der Waals surface area contributed by atoms with E-state index in [1.807, 2.05) is 30.3 Å². The van der Waals surface area contributed by atoms with Crippen molar-refractivity contribution in [1.29, 1.82) is 5.26 Å². The van der Waals surface area contributed by atoms with E-state index in [2.05, 4.69) is 21.9 Å². The number of anilines is 2. The lowest BCUT2D eigenvalue weighted by Crippen LogP contribution is -2.46. The fraction of sp³-hybridized carbons (Fsp3) is 0.278. The van der Waals surface area contributed by atoms with Crippen LogP contribution >= 0.6 is 11.6 Å². The second-order valence-electron chi connectivity index (χ2n) is 5.42. The van der Waals surface area contributed by atoms with Gasteiger partial charge in [-0.2, -0.15) is 5.26 Å². The normalized spacial score (nSPS) is 14.5. The number of nitriles is 1. The smallest absolute Gasteiger partial charge is 0.142 e. The summed E-state index contributed by atoms with van der Waals surface area (Å²) >= 11 is 6.14. The lowest BCUT2D eigenvalue weighted by Gasteiger charge is -2.37. The number of ether oxygens (including phenoxy) is 1. The topological polar surface area (TPSA) is 39.5 Å². The van der Waals surface area contributed by atoms with E-state index in [-0.39, 0.29) is 0 Å². The van der Waals surface area contributed by atoms with Crippen LogP contribution in [-0.2, 0) is 0 Å². The van der Waals surface area contributed by atoms with Gasteiger partial charge in [0.1, 0.15) is 11.8 Å². The van der Waals surface area contributed by atoms with E-state index in [1.54, 1.807) is 13.2 Å². The van der Waals surface area contributed by atoms with Crippen LogP contribution in [-0.4, -0.2) is 33.3 Å². The molecule has 0 bridgehead atoms. The van der Waals surface area contributed by atoms with E-state index < -0.39 is 0 Å². The number of benzene rings is 2. The predicted molar refractivity (Wildman–Crippen MR) is 93.6 cm³/mol. The summed E-state index contributed by atoms with van der Waals surface area (Å²) in [5.41, 5.74) is 2.71. The Morgan fingerprint density at radius 1 is 1.04 bits per heavy atom. The van der Waals surface area contributed by atoms with Gasteiger partial charge in [0.25, 0.3) is 0 Å². The van der Waals surface area contributed by atoms with Crippen molar-refractivity contribution in [3.8, 4) is 11.8 Å². The highest BCUT2D eigenvalue weighted by Crippen LogP contribution is 2.30. The van der Waals surface area contributed by atoms with Gasteiger partial charge in [-0.3, -0.25) is 0 Å². The maximum absolute atomic E-state index is 8.96. The molecule has 1 aliphatic heterocycles. The first-order valence-corrected chi connectivity index (χ1v) is 7.93. The zero-order chi connectivity index (χ0) is 16.2. The molecule has 1 heterocycles. The molecule has 1 aliphatic rings. The average Bonchev–Trinajstić information content (AvgIpc) is 2.61. The summed E-state index contributed by atoms with van der Waals surface area (Å²) < 4.78 is 5.45. The number of hydrogen-bond acceptors (Lipinski definition) is 4. The Balaban J connectivity index is 1.71. The van der Waals surface area contributed by atoms with Gasteiger partial charge in [-0.05, 0) is 30.3 Å². The first kappa shape index (κ1) is 15.5. The van der Waals surface area contributed by atoms with Gasteiger partial charge >= 0.3 is 0 Å². The van der Waals surface area contributed by atoms with Crippen LogP contribution in [0.3, 0.4) is 0 Å². The van der Waals surface area contributed by atoms with Crippen LogP contribution < -0.4 is 14.5 Å². The van der Waals surface area contributed by atoms with E-state index >= 15 is 0 Å². The summed E-state index contributed by atoms with van der Waals surface area (Å²) in [7, 11) is 1.70. The van der Waals surface area contributed by atoms with Gasteiger partial charge < -0.3 is 14.5 Å². The predicted octanol–water partition coefficient (Wildman–Crippen LogP) is 3.55. The molecule has 0 aliphatic carbocycles. The molecule has 2 aromatic carbocycles. The molecule has 0 unspecified atom stereocenters. The number of nitrogens with zero attached hydrogens (tertiary/aromatic N) is 3. The molecule has 5 heteroatoms. The number of hydrogen-bond donors (Lipinski definition) is 0. The van der Waals surface area contributed by atoms with Crippen molar-refractivity contribution in [2.45, 2.75) is 0 Å². The second kappa shape index (κ2) is 6.80. The average molecular weight is 328 g/mol. The Morgan fingerprint density at radius 3 is 2.39 bits per heavy atom. The van der Waals surface area contributed by atoms with E-state index in [0.29, 0.717) is 10.6 Å². The van der Waals surface area contributed by atoms with Gasteiger partial charge in [-0.15, -0.1) is 0 Å². The lowest BCUT2D eigenvalue weighted by atomic mass is 10.1. The van der Waals surface area contributed by atoms with E-state index in [4.69, 9.17) is 21.6 Å². The minimum atomic E-state index is 0.511. The molecule has 0 atom stereocenters. The van der Waals surface area contributed by atoms with E-state index in [0.717, 1.165) is 43.3 Å². The van der Waals surface area contributed by atoms with Crippen molar-refractivity contribution < 1.29 is 4.74 Å². The quantitative estimate of drug-likeness (QED) is 0.864. The molecular weight excluding hydrogens is 310 g/mol. The zero-order valence-corrected chi connectivity index (χ0v) is 13.8. The summed E-state index contributed by atoms with van der Waals surface area (Å²) in [6.07, 6.45) is 0. The number of halogens is 1. The van der Waals surface area contributed by atoms with Crippen LogP contribution in [0.1, 0.15) is 5.56 Å². The van der Waals surface area contributed by atoms with Gasteiger partial charge in [0, 0.05) is 31.9 Å². The number of piperazine rings is 1. The third-order valence-corrected chi connectivity index (χ3v) is 4.46. The SMILES string of the molecule is COc1ccccc1N1CCN(c2ccc(C#N)c(Cl)c2)CC1. The molecule has 4 nitrogen and oxygen atoms in total. The molecule has 1 saturated heterocycles. The van der Waals surface area contributed by atoms with Crippen LogP contribution in [0.2, 0.25) is 5.02 Å². The lowest BCUT2D eigenvalue weighted by molar-refractivity contribution is 0.413. The van der Waals surface area contributed by atoms with Crippen LogP contribution in [0.15, 0.2) is 42.5 Å². The summed E-state index contributed by atoms with van der Waals surface area (Å²) in [6.45, 7) is 3.64. The molecule has 0 saturated carbocycles. The molecule has 0 aromatic heterocycles. The highest BCUT2D eigenvalue weighted by Gasteiger charge is 2.20. The Hall–Kier alpha value is -2.38. The Morgan fingerprint density at radius 2 is 1.74 bits per heavy atom. The molecule has 2 aromatic rings. The second-order valence-corrected chi connectivity index (χ2v) is 5.83. The Kier molecular flexibility index (Phi) is 4.59. The van der Waals surface area contributed by atoms with Crippen molar-refractivity contribution in [1.82, 2.24) is 0 Å². The summed E-state index contributed by atoms with van der Waals surface area (Å²) in [4.78, 5) is 4.62. The van der Waals surface area contributed by atoms with Crippen molar-refractivity contribution in [2.24, 2.45) is 0 Å². The fourth-order valence-corrected chi connectivity index (χ4v) is 3.11. The van der Waals surface area contributed by atoms with E-state index in [9.17, 15) is 0 Å². The summed E-state index contributed by atoms with van der Waals surface area (Å²) in [6, 6.07) is 15.8. The zero-order valence-electron chi connectivity index (χ0n) is 13.0. The number of methoxy groups -OCH3 is 1. The first-order valence-electron chi connectivity index (χ1n) is 7.55.